The number of nitrogens with zero attached hydrogens (tertiary/aromatic N) is 2. The molecule has 1 aromatic rings. The molecule has 0 atom stereocenters. The molecular weight excluding hydrogens is 268 g/mol. The standard InChI is InChI=1S/C16H18N2O3/c1-3-8-18(9-10-21-2)15-6-4-13(5-7-16(19)20)11-14(15)12-17/h3-7,11H,1,8-10H2,2H3,(H,19,20)/b7-5+. The topological polar surface area (TPSA) is 73.6 Å². The summed E-state index contributed by atoms with van der Waals surface area (Å²) in [6.07, 6.45) is 4.26. The Morgan fingerprint density at radius 1 is 1.57 bits per heavy atom. The third kappa shape index (κ3) is 5.13. The molecule has 110 valence electrons. The Labute approximate surface area is 124 Å². The van der Waals surface area contributed by atoms with Gasteiger partial charge in [0.25, 0.3) is 0 Å². The number of rotatable bonds is 8. The molecule has 0 aliphatic heterocycles. The van der Waals surface area contributed by atoms with Crippen LogP contribution in [0.25, 0.3) is 6.08 Å². The quantitative estimate of drug-likeness (QED) is 0.586. The van der Waals surface area contributed by atoms with Gasteiger partial charge in [0.1, 0.15) is 6.07 Å². The monoisotopic (exact) mass is 286 g/mol. The lowest BCUT2D eigenvalue weighted by molar-refractivity contribution is -0.131. The van der Waals surface area contributed by atoms with E-state index in [9.17, 15) is 10.1 Å². The Bertz CT molecular complexity index is 573. The summed E-state index contributed by atoms with van der Waals surface area (Å²) >= 11 is 0. The normalized spacial score (nSPS) is 10.3. The molecule has 0 heterocycles. The predicted molar refractivity (Wildman–Crippen MR) is 82.1 cm³/mol. The van der Waals surface area contributed by atoms with E-state index in [1.54, 1.807) is 31.4 Å². The molecule has 0 fully saturated rings. The minimum atomic E-state index is -1.02. The fourth-order valence-electron chi connectivity index (χ4n) is 1.86. The summed E-state index contributed by atoms with van der Waals surface area (Å²) in [6, 6.07) is 7.39. The van der Waals surface area contributed by atoms with Crippen LogP contribution in [-0.4, -0.2) is 37.9 Å². The highest BCUT2D eigenvalue weighted by molar-refractivity contribution is 5.85. The van der Waals surface area contributed by atoms with Crippen molar-refractivity contribution in [3.8, 4) is 6.07 Å². The highest BCUT2D eigenvalue weighted by Gasteiger charge is 2.10. The molecule has 0 aliphatic carbocycles. The number of anilines is 1. The van der Waals surface area contributed by atoms with Gasteiger partial charge >= 0.3 is 5.97 Å². The second kappa shape index (κ2) is 8.56. The number of carboxylic acids is 1. The van der Waals surface area contributed by atoms with Crippen LogP contribution in [0.2, 0.25) is 0 Å². The maximum absolute atomic E-state index is 10.5. The molecular formula is C16H18N2O3. The summed E-state index contributed by atoms with van der Waals surface area (Å²) in [7, 11) is 1.62. The number of ether oxygens (including phenoxy) is 1. The highest BCUT2D eigenvalue weighted by atomic mass is 16.5. The lowest BCUT2D eigenvalue weighted by Gasteiger charge is -2.24. The Morgan fingerprint density at radius 2 is 2.33 bits per heavy atom. The summed E-state index contributed by atoms with van der Waals surface area (Å²) in [4.78, 5) is 12.5. The van der Waals surface area contributed by atoms with Gasteiger partial charge in [-0.25, -0.2) is 4.79 Å². The van der Waals surface area contributed by atoms with Crippen molar-refractivity contribution >= 4 is 17.7 Å². The van der Waals surface area contributed by atoms with Crippen LogP contribution in [-0.2, 0) is 9.53 Å². The molecule has 0 aromatic heterocycles. The summed E-state index contributed by atoms with van der Waals surface area (Å²) in [5, 5.41) is 17.9. The molecule has 0 bridgehead atoms. The van der Waals surface area contributed by atoms with E-state index in [4.69, 9.17) is 9.84 Å². The average Bonchev–Trinajstić information content (AvgIpc) is 2.49. The van der Waals surface area contributed by atoms with Crippen molar-refractivity contribution in [3.63, 3.8) is 0 Å². The first-order valence-electron chi connectivity index (χ1n) is 6.42. The molecule has 0 aliphatic rings. The second-order valence-corrected chi connectivity index (χ2v) is 4.29. The van der Waals surface area contributed by atoms with Crippen molar-refractivity contribution in [2.45, 2.75) is 0 Å². The van der Waals surface area contributed by atoms with Gasteiger partial charge in [0, 0.05) is 26.3 Å². The first-order valence-corrected chi connectivity index (χ1v) is 6.42. The predicted octanol–water partition coefficient (Wildman–Crippen LogP) is 2.29. The summed E-state index contributed by atoms with van der Waals surface area (Å²) in [6.45, 7) is 5.50. The fraction of sp³-hybridized carbons (Fsp3) is 0.250. The number of carboxylic acid groups (broad SMARTS) is 1. The Balaban J connectivity index is 3.08. The van der Waals surface area contributed by atoms with E-state index in [-0.39, 0.29) is 0 Å². The van der Waals surface area contributed by atoms with E-state index >= 15 is 0 Å². The molecule has 0 spiro atoms. The zero-order chi connectivity index (χ0) is 15.7. The van der Waals surface area contributed by atoms with Gasteiger partial charge in [-0.05, 0) is 23.8 Å². The van der Waals surface area contributed by atoms with Crippen molar-refractivity contribution in [1.29, 1.82) is 5.26 Å². The van der Waals surface area contributed by atoms with Crippen molar-refractivity contribution in [2.75, 3.05) is 31.7 Å². The van der Waals surface area contributed by atoms with Gasteiger partial charge in [-0.2, -0.15) is 5.26 Å². The molecule has 5 nitrogen and oxygen atoms in total. The lowest BCUT2D eigenvalue weighted by atomic mass is 10.1. The molecule has 0 radical (unpaired) electrons. The number of hydrogen-bond donors (Lipinski definition) is 1. The molecule has 1 N–H and O–H groups in total. The zero-order valence-corrected chi connectivity index (χ0v) is 12.0. The van der Waals surface area contributed by atoms with Crippen molar-refractivity contribution in [2.24, 2.45) is 0 Å². The number of aliphatic carboxylic acids is 1. The van der Waals surface area contributed by atoms with Crippen LogP contribution in [0.4, 0.5) is 5.69 Å². The SMILES string of the molecule is C=CCN(CCOC)c1ccc(/C=C/C(=O)O)cc1C#N. The number of hydrogen-bond acceptors (Lipinski definition) is 4. The van der Waals surface area contributed by atoms with E-state index in [0.717, 1.165) is 11.8 Å². The summed E-state index contributed by atoms with van der Waals surface area (Å²) in [5.74, 6) is -1.02. The van der Waals surface area contributed by atoms with Crippen molar-refractivity contribution in [3.05, 3.63) is 48.1 Å². The Morgan fingerprint density at radius 3 is 2.90 bits per heavy atom. The zero-order valence-electron chi connectivity index (χ0n) is 12.0. The first kappa shape index (κ1) is 16.5. The number of carbonyl (C=O) groups is 1. The van der Waals surface area contributed by atoms with Gasteiger partial charge in [0.2, 0.25) is 0 Å². The lowest BCUT2D eigenvalue weighted by Crippen LogP contribution is -2.28. The Hall–Kier alpha value is -2.58. The summed E-state index contributed by atoms with van der Waals surface area (Å²) < 4.78 is 5.07. The fourth-order valence-corrected chi connectivity index (χ4v) is 1.86. The van der Waals surface area contributed by atoms with E-state index in [0.29, 0.717) is 30.8 Å². The van der Waals surface area contributed by atoms with Crippen LogP contribution < -0.4 is 4.90 Å². The third-order valence-corrected chi connectivity index (χ3v) is 2.81. The number of nitriles is 1. The number of methoxy groups -OCH3 is 1. The first-order chi connectivity index (χ1) is 10.1. The van der Waals surface area contributed by atoms with Gasteiger partial charge in [0.15, 0.2) is 0 Å². The van der Waals surface area contributed by atoms with Gasteiger partial charge in [-0.3, -0.25) is 0 Å². The van der Waals surface area contributed by atoms with Crippen LogP contribution >= 0.6 is 0 Å². The average molecular weight is 286 g/mol. The van der Waals surface area contributed by atoms with Gasteiger partial charge in [-0.1, -0.05) is 12.1 Å². The van der Waals surface area contributed by atoms with Crippen LogP contribution in [0.15, 0.2) is 36.9 Å². The van der Waals surface area contributed by atoms with Gasteiger partial charge < -0.3 is 14.7 Å². The summed E-state index contributed by atoms with van der Waals surface area (Å²) in [5.41, 5.74) is 1.94. The molecule has 0 saturated heterocycles. The maximum atomic E-state index is 10.5. The molecule has 0 unspecified atom stereocenters. The molecule has 0 amide bonds. The van der Waals surface area contributed by atoms with E-state index in [2.05, 4.69) is 12.6 Å². The van der Waals surface area contributed by atoms with Crippen molar-refractivity contribution in [1.82, 2.24) is 0 Å². The molecule has 1 rings (SSSR count). The molecule has 0 saturated carbocycles. The molecule has 5 heteroatoms. The highest BCUT2D eigenvalue weighted by Crippen LogP contribution is 2.22. The smallest absolute Gasteiger partial charge is 0.328 e. The van der Waals surface area contributed by atoms with E-state index in [1.807, 2.05) is 4.90 Å². The largest absolute Gasteiger partial charge is 0.478 e. The second-order valence-electron chi connectivity index (χ2n) is 4.29. The molecule has 1 aromatic carbocycles. The maximum Gasteiger partial charge on any atom is 0.328 e. The van der Waals surface area contributed by atoms with E-state index < -0.39 is 5.97 Å². The van der Waals surface area contributed by atoms with E-state index in [1.165, 1.54) is 6.08 Å². The van der Waals surface area contributed by atoms with Gasteiger partial charge in [0.05, 0.1) is 17.9 Å². The van der Waals surface area contributed by atoms with Gasteiger partial charge in [-0.15, -0.1) is 6.58 Å². The Kier molecular flexibility index (Phi) is 6.72. The molecule has 21 heavy (non-hydrogen) atoms. The third-order valence-electron chi connectivity index (χ3n) is 2.81. The van der Waals surface area contributed by atoms with Crippen LogP contribution in [0, 0.1) is 11.3 Å². The minimum absolute atomic E-state index is 0.487. The van der Waals surface area contributed by atoms with Crippen LogP contribution in [0.3, 0.4) is 0 Å². The van der Waals surface area contributed by atoms with Crippen LogP contribution in [0.5, 0.6) is 0 Å². The minimum Gasteiger partial charge on any atom is -0.478 e. The van der Waals surface area contributed by atoms with Crippen molar-refractivity contribution < 1.29 is 14.6 Å². The number of benzene rings is 1. The van der Waals surface area contributed by atoms with Crippen LogP contribution in [0.1, 0.15) is 11.1 Å².